The van der Waals surface area contributed by atoms with Crippen LogP contribution in [0, 0.1) is 6.92 Å². The summed E-state index contributed by atoms with van der Waals surface area (Å²) in [7, 11) is -5.59. The summed E-state index contributed by atoms with van der Waals surface area (Å²) < 4.78 is 60.9. The number of aromatic nitrogens is 1. The molecule has 3 rings (SSSR count). The fourth-order valence-corrected chi connectivity index (χ4v) is 4.26. The fourth-order valence-electron chi connectivity index (χ4n) is 2.48. The van der Waals surface area contributed by atoms with Crippen LogP contribution in [0.3, 0.4) is 0 Å². The van der Waals surface area contributed by atoms with Gasteiger partial charge >= 0.3 is 0 Å². The summed E-state index contributed by atoms with van der Waals surface area (Å²) in [6.07, 6.45) is 1.53. The largest absolute Gasteiger partial charge is 0.726 e. The van der Waals surface area contributed by atoms with Crippen LogP contribution in [0.1, 0.15) is 5.56 Å². The number of sulfonamides is 1. The van der Waals surface area contributed by atoms with Crippen molar-refractivity contribution in [2.75, 3.05) is 11.8 Å². The topological polar surface area (TPSA) is 116 Å². The van der Waals surface area contributed by atoms with Crippen LogP contribution in [0.4, 0.5) is 5.69 Å². The first kappa shape index (κ1) is 23.0. The number of nitrogens with zero attached hydrogens (tertiary/aromatic N) is 1. The van der Waals surface area contributed by atoms with Gasteiger partial charge in [0.25, 0.3) is 10.0 Å². The molecule has 0 radical (unpaired) electrons. The Balaban J connectivity index is 0.000000438. The van der Waals surface area contributed by atoms with E-state index < -0.39 is 20.4 Å². The van der Waals surface area contributed by atoms with Crippen molar-refractivity contribution in [3.63, 3.8) is 0 Å². The first-order valence-corrected chi connectivity index (χ1v) is 11.3. The van der Waals surface area contributed by atoms with Crippen LogP contribution in [-0.2, 0) is 31.7 Å². The molecule has 0 aliphatic heterocycles. The van der Waals surface area contributed by atoms with Gasteiger partial charge in [-0.2, -0.15) is 4.57 Å². The molecule has 0 amide bonds. The van der Waals surface area contributed by atoms with E-state index in [1.54, 1.807) is 23.7 Å². The van der Waals surface area contributed by atoms with Gasteiger partial charge in [0.2, 0.25) is 15.9 Å². The van der Waals surface area contributed by atoms with Crippen molar-refractivity contribution in [3.8, 4) is 0 Å². The first-order chi connectivity index (χ1) is 13.5. The van der Waals surface area contributed by atoms with Crippen LogP contribution in [0.15, 0.2) is 59.6 Å². The van der Waals surface area contributed by atoms with Crippen molar-refractivity contribution >= 4 is 48.6 Å². The molecule has 0 aliphatic carbocycles. The van der Waals surface area contributed by atoms with Gasteiger partial charge in [0, 0.05) is 6.07 Å². The molecule has 0 fully saturated rings. The average molecular weight is 459 g/mol. The quantitative estimate of drug-likeness (QED) is 0.364. The summed E-state index contributed by atoms with van der Waals surface area (Å²) in [5.41, 5.74) is 2.25. The fraction of sp³-hybridized carbons (Fsp3) is 0.167. The zero-order chi connectivity index (χ0) is 21.8. The molecule has 1 heterocycles. The maximum absolute atomic E-state index is 12.8. The van der Waals surface area contributed by atoms with E-state index >= 15 is 0 Å². The second kappa shape index (κ2) is 9.06. The van der Waals surface area contributed by atoms with Crippen LogP contribution in [0.5, 0.6) is 0 Å². The van der Waals surface area contributed by atoms with E-state index in [1.165, 1.54) is 6.20 Å². The molecule has 3 aromatic rings. The molecule has 2 aromatic carbocycles. The Morgan fingerprint density at radius 1 is 1.03 bits per heavy atom. The predicted octanol–water partition coefficient (Wildman–Crippen LogP) is 2.52. The third-order valence-corrected chi connectivity index (χ3v) is 6.24. The molecular formula is C18H19ClN2O6S2. The molecule has 0 unspecified atom stereocenters. The van der Waals surface area contributed by atoms with Gasteiger partial charge in [0.05, 0.1) is 23.2 Å². The molecule has 8 nitrogen and oxygen atoms in total. The molecule has 0 atom stereocenters. The van der Waals surface area contributed by atoms with E-state index in [2.05, 4.69) is 8.91 Å². The van der Waals surface area contributed by atoms with Crippen LogP contribution in [0.25, 0.3) is 10.9 Å². The molecule has 0 saturated carbocycles. The van der Waals surface area contributed by atoms with Crippen molar-refractivity contribution in [1.29, 1.82) is 0 Å². The Bertz CT molecular complexity index is 1240. The van der Waals surface area contributed by atoms with Gasteiger partial charge in [-0.05, 0) is 24.6 Å². The van der Waals surface area contributed by atoms with Gasteiger partial charge in [-0.1, -0.05) is 41.9 Å². The number of anilines is 1. The van der Waals surface area contributed by atoms with Crippen molar-refractivity contribution in [2.45, 2.75) is 11.8 Å². The second-order valence-electron chi connectivity index (χ2n) is 5.93. The standard InChI is InChI=1S/C17H16ClN2O2S.CH4O4S/c1-12-7-3-5-9-14(12)19-23(21,22)16-11-20(2)15-10-6-4-8-13(15)17(16)18;1-5-6(2,3)4/h3-11,19H,1-2H3;1H3,(H,2,3,4)/q+1;/p-1. The summed E-state index contributed by atoms with van der Waals surface area (Å²) in [5, 5.41) is 0.920. The number of hydrogen-bond acceptors (Lipinski definition) is 6. The van der Waals surface area contributed by atoms with Crippen LogP contribution in [0.2, 0.25) is 5.02 Å². The second-order valence-corrected chi connectivity index (χ2v) is 9.11. The normalized spacial score (nSPS) is 11.6. The van der Waals surface area contributed by atoms with E-state index in [9.17, 15) is 21.4 Å². The van der Waals surface area contributed by atoms with Gasteiger partial charge in [-0.15, -0.1) is 0 Å². The number of pyridine rings is 1. The van der Waals surface area contributed by atoms with Crippen LogP contribution in [-0.4, -0.2) is 28.5 Å². The molecule has 0 aliphatic rings. The third-order valence-electron chi connectivity index (χ3n) is 3.93. The summed E-state index contributed by atoms with van der Waals surface area (Å²) >= 11 is 6.37. The van der Waals surface area contributed by atoms with Gasteiger partial charge in [0.15, 0.2) is 11.1 Å². The Hall–Kier alpha value is -2.24. The van der Waals surface area contributed by atoms with Crippen molar-refractivity contribution in [2.24, 2.45) is 7.05 Å². The molecule has 0 spiro atoms. The highest BCUT2D eigenvalue weighted by Crippen LogP contribution is 2.29. The molecule has 1 aromatic heterocycles. The number of aryl methyl sites for hydroxylation is 2. The Morgan fingerprint density at radius 2 is 1.59 bits per heavy atom. The molecule has 29 heavy (non-hydrogen) atoms. The SMILES string of the molecule is COS(=O)(=O)[O-].Cc1ccccc1NS(=O)(=O)c1c[n+](C)c2ccccc2c1Cl. The van der Waals surface area contributed by atoms with E-state index in [4.69, 9.17) is 11.6 Å². The van der Waals surface area contributed by atoms with Crippen molar-refractivity contribution in [1.82, 2.24) is 0 Å². The third kappa shape index (κ3) is 5.87. The van der Waals surface area contributed by atoms with Crippen molar-refractivity contribution in [3.05, 3.63) is 65.3 Å². The number of benzene rings is 2. The Kier molecular flexibility index (Phi) is 7.20. The van der Waals surface area contributed by atoms with Crippen LogP contribution < -0.4 is 9.29 Å². The minimum Gasteiger partial charge on any atom is -0.726 e. The lowest BCUT2D eigenvalue weighted by molar-refractivity contribution is -0.646. The van der Waals surface area contributed by atoms with E-state index in [1.807, 2.05) is 43.3 Å². The highest BCUT2D eigenvalue weighted by Gasteiger charge is 2.25. The Morgan fingerprint density at radius 3 is 2.17 bits per heavy atom. The number of fused-ring (bicyclic) bond motifs is 1. The number of nitrogens with one attached hydrogen (secondary N) is 1. The first-order valence-electron chi connectivity index (χ1n) is 8.13. The minimum atomic E-state index is -4.41. The number of halogens is 1. The smallest absolute Gasteiger partial charge is 0.269 e. The molecule has 0 bridgehead atoms. The lowest BCUT2D eigenvalue weighted by Gasteiger charge is -2.11. The van der Waals surface area contributed by atoms with Gasteiger partial charge in [-0.25, -0.2) is 16.8 Å². The summed E-state index contributed by atoms with van der Waals surface area (Å²) in [4.78, 5) is 0.0589. The van der Waals surface area contributed by atoms with E-state index in [-0.39, 0.29) is 9.92 Å². The summed E-state index contributed by atoms with van der Waals surface area (Å²) in [6.45, 7) is 1.85. The van der Waals surface area contributed by atoms with E-state index in [0.717, 1.165) is 18.2 Å². The van der Waals surface area contributed by atoms with Crippen LogP contribution >= 0.6 is 11.6 Å². The molecule has 11 heteroatoms. The van der Waals surface area contributed by atoms with Gasteiger partial charge in [0.1, 0.15) is 7.05 Å². The molecule has 1 N–H and O–H groups in total. The highest BCUT2D eigenvalue weighted by atomic mass is 35.5. The summed E-state index contributed by atoms with van der Waals surface area (Å²) in [6, 6.07) is 14.6. The maximum Gasteiger partial charge on any atom is 0.269 e. The summed E-state index contributed by atoms with van der Waals surface area (Å²) in [5.74, 6) is 0. The monoisotopic (exact) mass is 458 g/mol. The zero-order valence-electron chi connectivity index (χ0n) is 15.8. The maximum atomic E-state index is 12.8. The minimum absolute atomic E-state index is 0.0589. The average Bonchev–Trinajstić information content (AvgIpc) is 2.66. The number of para-hydroxylation sites is 2. The van der Waals surface area contributed by atoms with E-state index in [0.29, 0.717) is 11.1 Å². The zero-order valence-corrected chi connectivity index (χ0v) is 18.2. The molecule has 0 saturated heterocycles. The van der Waals surface area contributed by atoms with Gasteiger partial charge in [-0.3, -0.25) is 8.91 Å². The number of rotatable bonds is 4. The van der Waals surface area contributed by atoms with Crippen molar-refractivity contribution < 1.29 is 30.1 Å². The van der Waals surface area contributed by atoms with Gasteiger partial charge < -0.3 is 4.55 Å². The lowest BCUT2D eigenvalue weighted by atomic mass is 10.2. The molecule has 156 valence electrons. The predicted molar refractivity (Wildman–Crippen MR) is 109 cm³/mol. The molecular weight excluding hydrogens is 440 g/mol. The highest BCUT2D eigenvalue weighted by molar-refractivity contribution is 7.92. The lowest BCUT2D eigenvalue weighted by Crippen LogP contribution is -2.31. The number of hydrogen-bond donors (Lipinski definition) is 1. The Labute approximate surface area is 174 Å².